The molecular weight excluding hydrogens is 278 g/mol. The number of anilines is 1. The molecule has 0 saturated heterocycles. The van der Waals surface area contributed by atoms with Gasteiger partial charge in [-0.1, -0.05) is 13.0 Å². The summed E-state index contributed by atoms with van der Waals surface area (Å²) in [6.45, 7) is 3.74. The molecule has 5 heteroatoms. The average molecular weight is 295 g/mol. The van der Waals surface area contributed by atoms with Crippen molar-refractivity contribution in [3.8, 4) is 0 Å². The van der Waals surface area contributed by atoms with Gasteiger partial charge in [0.25, 0.3) is 0 Å². The van der Waals surface area contributed by atoms with Gasteiger partial charge < -0.3 is 5.32 Å². The first-order chi connectivity index (χ1) is 9.03. The lowest BCUT2D eigenvalue weighted by molar-refractivity contribution is 0.597. The molecule has 0 bridgehead atoms. The quantitative estimate of drug-likeness (QED) is 0.914. The van der Waals surface area contributed by atoms with Gasteiger partial charge in [0.2, 0.25) is 0 Å². The standard InChI is InChI=1S/C14H17NO2S2/c1-3-19(16,17)13-8-6-12(7-9-13)15-11(2)14-5-4-10-18-14/h4-11,15H,3H2,1-2H3. The van der Waals surface area contributed by atoms with Crippen LogP contribution in [0.15, 0.2) is 46.7 Å². The molecule has 2 aromatic rings. The Bertz CT molecular complexity index is 616. The Morgan fingerprint density at radius 2 is 1.89 bits per heavy atom. The molecule has 1 heterocycles. The lowest BCUT2D eigenvalue weighted by Gasteiger charge is -2.14. The van der Waals surface area contributed by atoms with Crippen LogP contribution in [0.4, 0.5) is 5.69 Å². The molecule has 0 amide bonds. The van der Waals surface area contributed by atoms with E-state index in [-0.39, 0.29) is 11.8 Å². The highest BCUT2D eigenvalue weighted by molar-refractivity contribution is 7.91. The van der Waals surface area contributed by atoms with E-state index in [1.807, 2.05) is 23.6 Å². The minimum atomic E-state index is -3.11. The molecule has 3 nitrogen and oxygen atoms in total. The first kappa shape index (κ1) is 14.1. The van der Waals surface area contributed by atoms with E-state index >= 15 is 0 Å². The molecule has 0 saturated carbocycles. The lowest BCUT2D eigenvalue weighted by atomic mass is 10.2. The summed E-state index contributed by atoms with van der Waals surface area (Å²) in [6.07, 6.45) is 0. The Kier molecular flexibility index (Phi) is 4.27. The van der Waals surface area contributed by atoms with Gasteiger partial charge in [-0.05, 0) is 42.6 Å². The van der Waals surface area contributed by atoms with Crippen molar-refractivity contribution in [2.24, 2.45) is 0 Å². The normalized spacial score (nSPS) is 13.2. The van der Waals surface area contributed by atoms with Crippen molar-refractivity contribution in [3.05, 3.63) is 46.7 Å². The van der Waals surface area contributed by atoms with Crippen LogP contribution in [0.3, 0.4) is 0 Å². The van der Waals surface area contributed by atoms with Gasteiger partial charge in [-0.15, -0.1) is 11.3 Å². The van der Waals surface area contributed by atoms with Crippen LogP contribution in [0.2, 0.25) is 0 Å². The fourth-order valence-electron chi connectivity index (χ4n) is 1.78. The van der Waals surface area contributed by atoms with E-state index in [0.29, 0.717) is 4.90 Å². The zero-order chi connectivity index (χ0) is 13.9. The molecule has 0 spiro atoms. The second-order valence-corrected chi connectivity index (χ2v) is 7.57. The highest BCUT2D eigenvalue weighted by Crippen LogP contribution is 2.24. The maximum absolute atomic E-state index is 11.7. The van der Waals surface area contributed by atoms with Crippen molar-refractivity contribution < 1.29 is 8.42 Å². The first-order valence-electron chi connectivity index (χ1n) is 6.15. The molecule has 0 fully saturated rings. The van der Waals surface area contributed by atoms with Crippen molar-refractivity contribution in [1.29, 1.82) is 0 Å². The van der Waals surface area contributed by atoms with Crippen LogP contribution in [0, 0.1) is 0 Å². The van der Waals surface area contributed by atoms with Crippen LogP contribution in [0.25, 0.3) is 0 Å². The third-order valence-electron chi connectivity index (χ3n) is 2.95. The van der Waals surface area contributed by atoms with Gasteiger partial charge in [0, 0.05) is 10.6 Å². The maximum Gasteiger partial charge on any atom is 0.178 e. The average Bonchev–Trinajstić information content (AvgIpc) is 2.93. The summed E-state index contributed by atoms with van der Waals surface area (Å²) in [6, 6.07) is 11.3. The molecule has 1 N–H and O–H groups in total. The summed E-state index contributed by atoms with van der Waals surface area (Å²) in [4.78, 5) is 1.63. The Labute approximate surface area is 118 Å². The highest BCUT2D eigenvalue weighted by Gasteiger charge is 2.11. The Morgan fingerprint density at radius 1 is 1.21 bits per heavy atom. The predicted octanol–water partition coefficient (Wildman–Crippen LogP) is 3.71. The van der Waals surface area contributed by atoms with Gasteiger partial charge in [-0.25, -0.2) is 8.42 Å². The van der Waals surface area contributed by atoms with Gasteiger partial charge in [0.1, 0.15) is 0 Å². The van der Waals surface area contributed by atoms with E-state index in [4.69, 9.17) is 0 Å². The largest absolute Gasteiger partial charge is 0.378 e. The van der Waals surface area contributed by atoms with E-state index in [9.17, 15) is 8.42 Å². The molecule has 2 rings (SSSR count). The number of benzene rings is 1. The van der Waals surface area contributed by atoms with E-state index in [1.165, 1.54) is 4.88 Å². The number of sulfone groups is 1. The number of rotatable bonds is 5. The summed E-state index contributed by atoms with van der Waals surface area (Å²) in [7, 11) is -3.11. The van der Waals surface area contributed by atoms with Crippen LogP contribution in [-0.2, 0) is 9.84 Å². The Hall–Kier alpha value is -1.33. The highest BCUT2D eigenvalue weighted by atomic mass is 32.2. The van der Waals surface area contributed by atoms with Crippen molar-refractivity contribution in [2.45, 2.75) is 24.8 Å². The van der Waals surface area contributed by atoms with Crippen LogP contribution in [0.1, 0.15) is 24.8 Å². The summed E-state index contributed by atoms with van der Waals surface area (Å²) in [5, 5.41) is 5.40. The van der Waals surface area contributed by atoms with Crippen molar-refractivity contribution in [1.82, 2.24) is 0 Å². The molecular formula is C14H17NO2S2. The SMILES string of the molecule is CCS(=O)(=O)c1ccc(NC(C)c2cccs2)cc1. The molecule has 0 aliphatic rings. The molecule has 19 heavy (non-hydrogen) atoms. The smallest absolute Gasteiger partial charge is 0.178 e. The number of hydrogen-bond donors (Lipinski definition) is 1. The van der Waals surface area contributed by atoms with E-state index in [1.54, 1.807) is 30.4 Å². The van der Waals surface area contributed by atoms with Gasteiger partial charge in [0.05, 0.1) is 16.7 Å². The van der Waals surface area contributed by atoms with Crippen molar-refractivity contribution in [3.63, 3.8) is 0 Å². The zero-order valence-electron chi connectivity index (χ0n) is 11.0. The second kappa shape index (κ2) is 5.75. The molecule has 1 atom stereocenters. The minimum Gasteiger partial charge on any atom is -0.378 e. The van der Waals surface area contributed by atoms with Crippen LogP contribution < -0.4 is 5.32 Å². The second-order valence-electron chi connectivity index (χ2n) is 4.31. The van der Waals surface area contributed by atoms with E-state index in [2.05, 4.69) is 18.3 Å². The maximum atomic E-state index is 11.7. The van der Waals surface area contributed by atoms with Crippen molar-refractivity contribution >= 4 is 26.9 Å². The molecule has 1 aromatic carbocycles. The fourth-order valence-corrected chi connectivity index (χ4v) is 3.40. The fraction of sp³-hybridized carbons (Fsp3) is 0.286. The summed E-state index contributed by atoms with van der Waals surface area (Å²) >= 11 is 1.70. The van der Waals surface area contributed by atoms with Gasteiger partial charge in [0.15, 0.2) is 9.84 Å². The van der Waals surface area contributed by atoms with Gasteiger partial charge in [-0.3, -0.25) is 0 Å². The molecule has 1 aromatic heterocycles. The first-order valence-corrected chi connectivity index (χ1v) is 8.69. The van der Waals surface area contributed by atoms with Crippen LogP contribution >= 0.6 is 11.3 Å². The zero-order valence-corrected chi connectivity index (χ0v) is 12.6. The third-order valence-corrected chi connectivity index (χ3v) is 5.75. The number of hydrogen-bond acceptors (Lipinski definition) is 4. The van der Waals surface area contributed by atoms with Crippen LogP contribution in [0.5, 0.6) is 0 Å². The molecule has 0 aliphatic carbocycles. The number of thiophene rings is 1. The van der Waals surface area contributed by atoms with Gasteiger partial charge >= 0.3 is 0 Å². The molecule has 0 radical (unpaired) electrons. The lowest BCUT2D eigenvalue weighted by Crippen LogP contribution is -2.06. The Morgan fingerprint density at radius 3 is 2.42 bits per heavy atom. The van der Waals surface area contributed by atoms with Gasteiger partial charge in [-0.2, -0.15) is 0 Å². The third kappa shape index (κ3) is 3.36. The Balaban J connectivity index is 2.11. The summed E-state index contributed by atoms with van der Waals surface area (Å²) in [5.74, 6) is 0.130. The van der Waals surface area contributed by atoms with Crippen LogP contribution in [-0.4, -0.2) is 14.2 Å². The summed E-state index contributed by atoms with van der Waals surface area (Å²) in [5.41, 5.74) is 0.927. The monoisotopic (exact) mass is 295 g/mol. The topological polar surface area (TPSA) is 46.2 Å². The van der Waals surface area contributed by atoms with E-state index in [0.717, 1.165) is 5.69 Å². The van der Waals surface area contributed by atoms with E-state index < -0.39 is 9.84 Å². The number of nitrogens with one attached hydrogen (secondary N) is 1. The molecule has 102 valence electrons. The molecule has 1 unspecified atom stereocenters. The minimum absolute atomic E-state index is 0.130. The predicted molar refractivity (Wildman–Crippen MR) is 80.5 cm³/mol. The molecule has 0 aliphatic heterocycles. The summed E-state index contributed by atoms with van der Waals surface area (Å²) < 4.78 is 23.4. The van der Waals surface area contributed by atoms with Crippen molar-refractivity contribution in [2.75, 3.05) is 11.1 Å².